The molecule has 1 fully saturated rings. The van der Waals surface area contributed by atoms with E-state index in [0.717, 1.165) is 25.4 Å². The summed E-state index contributed by atoms with van der Waals surface area (Å²) >= 11 is 0. The van der Waals surface area contributed by atoms with Gasteiger partial charge in [0, 0.05) is 42.3 Å². The molecule has 1 N–H and O–H groups in total. The van der Waals surface area contributed by atoms with Crippen LogP contribution in [0.3, 0.4) is 0 Å². The van der Waals surface area contributed by atoms with E-state index in [0.29, 0.717) is 18.2 Å². The molecule has 1 aliphatic rings. The van der Waals surface area contributed by atoms with Crippen molar-refractivity contribution in [3.63, 3.8) is 0 Å². The minimum atomic E-state index is -0.284. The van der Waals surface area contributed by atoms with E-state index in [4.69, 9.17) is 4.74 Å². The monoisotopic (exact) mass is 301 g/mol. The van der Waals surface area contributed by atoms with E-state index in [1.54, 1.807) is 12.3 Å². The molecule has 5 heteroatoms. The topological polar surface area (TPSA) is 37.4 Å². The van der Waals surface area contributed by atoms with Gasteiger partial charge in [0.25, 0.3) is 0 Å². The Balaban J connectivity index is 1.63. The fraction of sp³-hybridized carbons (Fsp3) is 0.353. The average Bonchev–Trinajstić information content (AvgIpc) is 2.55. The van der Waals surface area contributed by atoms with Gasteiger partial charge in [-0.15, -0.1) is 0 Å². The molecule has 1 aromatic heterocycles. The third kappa shape index (κ3) is 3.36. The zero-order chi connectivity index (χ0) is 15.4. The number of nitrogens with one attached hydrogen (secondary N) is 1. The van der Waals surface area contributed by atoms with Gasteiger partial charge in [-0.05, 0) is 37.3 Å². The van der Waals surface area contributed by atoms with Crippen LogP contribution in [0.5, 0.6) is 0 Å². The number of anilines is 2. The van der Waals surface area contributed by atoms with Crippen LogP contribution >= 0.6 is 0 Å². The number of pyridine rings is 1. The Bertz CT molecular complexity index is 618. The van der Waals surface area contributed by atoms with Crippen LogP contribution in [0.4, 0.5) is 15.8 Å². The first-order valence-electron chi connectivity index (χ1n) is 7.51. The van der Waals surface area contributed by atoms with Gasteiger partial charge in [-0.25, -0.2) is 4.39 Å². The summed E-state index contributed by atoms with van der Waals surface area (Å²) in [5, 5.41) is 3.23. The highest BCUT2D eigenvalue weighted by Gasteiger charge is 2.18. The van der Waals surface area contributed by atoms with Gasteiger partial charge in [0.15, 0.2) is 0 Å². The van der Waals surface area contributed by atoms with E-state index < -0.39 is 0 Å². The second-order valence-corrected chi connectivity index (χ2v) is 5.48. The van der Waals surface area contributed by atoms with Crippen molar-refractivity contribution in [3.05, 3.63) is 54.1 Å². The van der Waals surface area contributed by atoms with Crippen molar-refractivity contribution >= 4 is 11.4 Å². The Morgan fingerprint density at radius 3 is 2.86 bits per heavy atom. The molecule has 1 saturated heterocycles. The molecule has 1 aliphatic heterocycles. The van der Waals surface area contributed by atoms with Gasteiger partial charge >= 0.3 is 0 Å². The van der Waals surface area contributed by atoms with Gasteiger partial charge in [-0.1, -0.05) is 0 Å². The number of aromatic nitrogens is 1. The predicted molar refractivity (Wildman–Crippen MR) is 85.6 cm³/mol. The van der Waals surface area contributed by atoms with Crippen LogP contribution < -0.4 is 10.2 Å². The number of morpholine rings is 1. The van der Waals surface area contributed by atoms with Crippen molar-refractivity contribution < 1.29 is 9.13 Å². The zero-order valence-corrected chi connectivity index (χ0v) is 12.6. The fourth-order valence-corrected chi connectivity index (χ4v) is 2.63. The van der Waals surface area contributed by atoms with Crippen LogP contribution in [0.25, 0.3) is 0 Å². The molecule has 2 aromatic rings. The van der Waals surface area contributed by atoms with E-state index in [-0.39, 0.29) is 5.82 Å². The lowest BCUT2D eigenvalue weighted by atomic mass is 10.2. The predicted octanol–water partition coefficient (Wildman–Crippen LogP) is 3.06. The molecule has 0 spiro atoms. The number of benzene rings is 1. The van der Waals surface area contributed by atoms with Gasteiger partial charge in [-0.3, -0.25) is 4.98 Å². The molecule has 0 bridgehead atoms. The van der Waals surface area contributed by atoms with Gasteiger partial charge in [-0.2, -0.15) is 0 Å². The first-order chi connectivity index (χ1) is 10.7. The maximum atomic E-state index is 13.5. The Morgan fingerprint density at radius 2 is 2.14 bits per heavy atom. The lowest BCUT2D eigenvalue weighted by Gasteiger charge is -2.35. The van der Waals surface area contributed by atoms with Crippen LogP contribution in [0, 0.1) is 5.82 Å². The summed E-state index contributed by atoms with van der Waals surface area (Å²) in [5.41, 5.74) is 2.78. The molecule has 1 atom stereocenters. The Kier molecular flexibility index (Phi) is 4.53. The molecule has 0 aliphatic carbocycles. The van der Waals surface area contributed by atoms with Gasteiger partial charge in [0.05, 0.1) is 19.4 Å². The Hall–Kier alpha value is -2.14. The maximum Gasteiger partial charge on any atom is 0.146 e. The first-order valence-corrected chi connectivity index (χ1v) is 7.51. The van der Waals surface area contributed by atoms with Crippen molar-refractivity contribution in [2.75, 3.05) is 30.0 Å². The number of halogens is 1. The molecule has 2 heterocycles. The van der Waals surface area contributed by atoms with E-state index in [1.807, 2.05) is 12.1 Å². The molecule has 4 nitrogen and oxygen atoms in total. The minimum Gasteiger partial charge on any atom is -0.381 e. The lowest BCUT2D eigenvalue weighted by Crippen LogP contribution is -2.43. The summed E-state index contributed by atoms with van der Waals surface area (Å²) in [7, 11) is 0. The molecule has 0 radical (unpaired) electrons. The minimum absolute atomic E-state index is 0.284. The molecule has 0 saturated carbocycles. The smallest absolute Gasteiger partial charge is 0.146 e. The van der Waals surface area contributed by atoms with E-state index in [2.05, 4.69) is 34.3 Å². The number of rotatable bonds is 4. The molecular weight excluding hydrogens is 281 g/mol. The van der Waals surface area contributed by atoms with Crippen LogP contribution in [0.1, 0.15) is 12.5 Å². The Morgan fingerprint density at radius 1 is 1.32 bits per heavy atom. The molecule has 1 unspecified atom stereocenters. The highest BCUT2D eigenvalue weighted by molar-refractivity contribution is 5.56. The van der Waals surface area contributed by atoms with Gasteiger partial charge < -0.3 is 15.0 Å². The van der Waals surface area contributed by atoms with Crippen molar-refractivity contribution in [3.8, 4) is 0 Å². The first kappa shape index (κ1) is 14.8. The summed E-state index contributed by atoms with van der Waals surface area (Å²) in [6.45, 7) is 5.06. The summed E-state index contributed by atoms with van der Waals surface area (Å²) < 4.78 is 19.0. The van der Waals surface area contributed by atoms with E-state index in [9.17, 15) is 4.39 Å². The summed E-state index contributed by atoms with van der Waals surface area (Å²) in [5.74, 6) is -0.284. The summed E-state index contributed by atoms with van der Waals surface area (Å²) in [6.07, 6.45) is 2.84. The van der Waals surface area contributed by atoms with Crippen molar-refractivity contribution in [2.45, 2.75) is 19.5 Å². The highest BCUT2D eigenvalue weighted by atomic mass is 19.1. The van der Waals surface area contributed by atoms with Crippen LogP contribution in [0.2, 0.25) is 0 Å². The number of ether oxygens (including phenoxy) is 1. The molecule has 3 rings (SSSR count). The summed E-state index contributed by atoms with van der Waals surface area (Å²) in [6, 6.07) is 10.3. The van der Waals surface area contributed by atoms with Crippen molar-refractivity contribution in [2.24, 2.45) is 0 Å². The van der Waals surface area contributed by atoms with Crippen molar-refractivity contribution in [1.29, 1.82) is 0 Å². The highest BCUT2D eigenvalue weighted by Crippen LogP contribution is 2.22. The summed E-state index contributed by atoms with van der Waals surface area (Å²) in [4.78, 5) is 6.09. The third-order valence-electron chi connectivity index (χ3n) is 3.91. The van der Waals surface area contributed by atoms with E-state index in [1.165, 1.54) is 11.9 Å². The molecular formula is C17H20FN3O. The van der Waals surface area contributed by atoms with E-state index >= 15 is 0 Å². The number of hydrogen-bond donors (Lipinski definition) is 1. The van der Waals surface area contributed by atoms with Gasteiger partial charge in [0.1, 0.15) is 5.82 Å². The van der Waals surface area contributed by atoms with Crippen LogP contribution in [-0.4, -0.2) is 30.8 Å². The number of nitrogens with zero attached hydrogens (tertiary/aromatic N) is 2. The lowest BCUT2D eigenvalue weighted by molar-refractivity contribution is 0.0989. The van der Waals surface area contributed by atoms with Gasteiger partial charge in [0.2, 0.25) is 0 Å². The quantitative estimate of drug-likeness (QED) is 0.942. The third-order valence-corrected chi connectivity index (χ3v) is 3.91. The maximum absolute atomic E-state index is 13.5. The molecule has 1 aromatic carbocycles. The average molecular weight is 301 g/mol. The SMILES string of the molecule is CC1COCCN1c1ccc(NCc2ccncc2F)cc1. The molecule has 22 heavy (non-hydrogen) atoms. The van der Waals surface area contributed by atoms with Crippen LogP contribution in [0.15, 0.2) is 42.7 Å². The molecule has 116 valence electrons. The van der Waals surface area contributed by atoms with Crippen LogP contribution in [-0.2, 0) is 11.3 Å². The molecule has 0 amide bonds. The largest absolute Gasteiger partial charge is 0.381 e. The normalized spacial score (nSPS) is 18.3. The number of hydrogen-bond acceptors (Lipinski definition) is 4. The Labute approximate surface area is 129 Å². The van der Waals surface area contributed by atoms with Crippen molar-refractivity contribution in [1.82, 2.24) is 4.98 Å². The zero-order valence-electron chi connectivity index (χ0n) is 12.6. The fourth-order valence-electron chi connectivity index (χ4n) is 2.63. The standard InChI is InChI=1S/C17H20FN3O/c1-13-12-22-9-8-21(13)16-4-2-15(3-5-16)20-10-14-6-7-19-11-17(14)18/h2-7,11,13,20H,8-10,12H2,1H3. The second-order valence-electron chi connectivity index (χ2n) is 5.48. The second kappa shape index (κ2) is 6.75.